The Morgan fingerprint density at radius 1 is 1.12 bits per heavy atom. The molecule has 0 bridgehead atoms. The van der Waals surface area contributed by atoms with Crippen molar-refractivity contribution >= 4 is 28.6 Å². The number of ether oxygens (including phenoxy) is 1. The maximum absolute atomic E-state index is 13.4. The second-order valence-corrected chi connectivity index (χ2v) is 19.9. The molecule has 1 fully saturated rings. The fourth-order valence-electron chi connectivity index (χ4n) is 4.66. The minimum Gasteiger partial charge on any atom is -0.406 e. The van der Waals surface area contributed by atoms with Crippen molar-refractivity contribution in [2.75, 3.05) is 6.61 Å². The van der Waals surface area contributed by atoms with Crippen LogP contribution in [-0.4, -0.2) is 58.7 Å². The molecule has 2 aliphatic heterocycles. The molecule has 0 saturated carbocycles. The van der Waals surface area contributed by atoms with Crippen LogP contribution in [0.4, 0.5) is 0 Å². The Morgan fingerprint density at radius 2 is 1.71 bits per heavy atom. The van der Waals surface area contributed by atoms with Crippen LogP contribution in [0.5, 0.6) is 0 Å². The molecule has 0 aliphatic carbocycles. The second-order valence-electron chi connectivity index (χ2n) is 12.2. The monoisotopic (exact) mass is 643 g/mol. The lowest BCUT2D eigenvalue weighted by Crippen LogP contribution is -2.59. The Balaban J connectivity index is 1.89. The number of benzene rings is 1. The molecule has 3 heterocycles. The van der Waals surface area contributed by atoms with Gasteiger partial charge in [-0.15, -0.1) is 0 Å². The first-order chi connectivity index (χ1) is 19.1. The second kappa shape index (κ2) is 10.5. The molecule has 4 rings (SSSR count). The van der Waals surface area contributed by atoms with Crippen molar-refractivity contribution in [3.05, 3.63) is 73.5 Å². The van der Waals surface area contributed by atoms with Crippen LogP contribution in [0, 0.1) is 13.8 Å². The molecule has 232 valence electrons. The van der Waals surface area contributed by atoms with E-state index < -0.39 is 75.5 Å². The van der Waals surface area contributed by atoms with Gasteiger partial charge in [0.15, 0.2) is 20.1 Å². The molecule has 0 radical (unpaired) electrons. The quantitative estimate of drug-likeness (QED) is 0.344. The molecule has 2 aromatic rings. The highest BCUT2D eigenvalue weighted by Crippen LogP contribution is 2.51. The fraction of sp³-hybridized carbons (Fsp3) is 0.538. The van der Waals surface area contributed by atoms with E-state index in [4.69, 9.17) is 23.3 Å². The topological polar surface area (TPSA) is 175 Å². The van der Waals surface area contributed by atoms with Gasteiger partial charge < -0.3 is 14.9 Å². The Kier molecular flexibility index (Phi) is 8.10. The van der Waals surface area contributed by atoms with Crippen LogP contribution in [0.25, 0.3) is 0 Å². The smallest absolute Gasteiger partial charge is 0.332 e. The normalized spacial score (nSPS) is 26.1. The number of aryl methyl sites for hydroxylation is 2. The van der Waals surface area contributed by atoms with Gasteiger partial charge in [-0.2, -0.15) is 16.8 Å². The van der Waals surface area contributed by atoms with Gasteiger partial charge in [0.1, 0.15) is 12.2 Å². The summed E-state index contributed by atoms with van der Waals surface area (Å²) >= 11 is 0. The zero-order valence-electron chi connectivity index (χ0n) is 24.8. The number of rotatable bonds is 7. The maximum Gasteiger partial charge on any atom is 0.332 e. The summed E-state index contributed by atoms with van der Waals surface area (Å²) in [6, 6.07) is 5.95. The van der Waals surface area contributed by atoms with E-state index in [1.54, 1.807) is 19.1 Å². The van der Waals surface area contributed by atoms with E-state index in [-0.39, 0.29) is 16.2 Å². The molecule has 1 saturated heterocycles. The predicted octanol–water partition coefficient (Wildman–Crippen LogP) is 1.76. The van der Waals surface area contributed by atoms with Crippen LogP contribution in [0.3, 0.4) is 0 Å². The molecular formula is C26H37N3O10S2Si. The van der Waals surface area contributed by atoms with E-state index in [0.717, 1.165) is 20.1 Å². The highest BCUT2D eigenvalue weighted by molar-refractivity contribution is 7.90. The fourth-order valence-corrected chi connectivity index (χ4v) is 8.08. The molecule has 1 unspecified atom stereocenters. The first-order valence-electron chi connectivity index (χ1n) is 13.1. The largest absolute Gasteiger partial charge is 0.406 e. The maximum atomic E-state index is 13.4. The van der Waals surface area contributed by atoms with E-state index in [1.807, 2.05) is 33.9 Å². The van der Waals surface area contributed by atoms with Gasteiger partial charge in [0.2, 0.25) is 0 Å². The first-order valence-corrected chi connectivity index (χ1v) is 18.9. The Hall–Kier alpha value is -2.60. The van der Waals surface area contributed by atoms with Crippen LogP contribution < -0.4 is 17.0 Å². The van der Waals surface area contributed by atoms with E-state index in [0.29, 0.717) is 0 Å². The molecule has 1 aromatic carbocycles. The van der Waals surface area contributed by atoms with Crippen molar-refractivity contribution in [1.29, 1.82) is 0 Å². The van der Waals surface area contributed by atoms with Crippen LogP contribution in [-0.2, 0) is 44.8 Å². The molecule has 16 heteroatoms. The summed E-state index contributed by atoms with van der Waals surface area (Å²) < 4.78 is 77.8. The molecule has 0 amide bonds. The summed E-state index contributed by atoms with van der Waals surface area (Å²) in [4.78, 5) is 25.7. The average Bonchev–Trinajstić information content (AvgIpc) is 3.29. The van der Waals surface area contributed by atoms with Crippen LogP contribution >= 0.6 is 0 Å². The Morgan fingerprint density at radius 3 is 2.24 bits per heavy atom. The molecule has 1 spiro atoms. The SMILES string of the molecule is Cc1ccc(S(=O)(=O)OC[C@H]2O[C@@H](n3cc(C)c(=O)n(C)c3=O)[C@H](O[Si](C)(C)C(C)(C)C)C23OS(=O)(=O)C=C3N)cc1. The lowest BCUT2D eigenvalue weighted by molar-refractivity contribution is -0.0536. The molecular weight excluding hydrogens is 607 g/mol. The number of aromatic nitrogens is 2. The Bertz CT molecular complexity index is 1760. The third kappa shape index (κ3) is 5.56. The summed E-state index contributed by atoms with van der Waals surface area (Å²) in [6.45, 7) is 12.3. The lowest BCUT2D eigenvalue weighted by atomic mass is 9.89. The van der Waals surface area contributed by atoms with Crippen LogP contribution in [0.2, 0.25) is 18.1 Å². The van der Waals surface area contributed by atoms with E-state index in [1.165, 1.54) is 32.3 Å². The van der Waals surface area contributed by atoms with Gasteiger partial charge in [-0.25, -0.2) is 8.98 Å². The van der Waals surface area contributed by atoms with Crippen LogP contribution in [0.1, 0.15) is 38.1 Å². The van der Waals surface area contributed by atoms with Gasteiger partial charge >= 0.3 is 5.69 Å². The summed E-state index contributed by atoms with van der Waals surface area (Å²) in [5.41, 5.74) is 3.69. The molecule has 1 aromatic heterocycles. The third-order valence-corrected chi connectivity index (χ3v) is 14.9. The van der Waals surface area contributed by atoms with Crippen molar-refractivity contribution in [2.45, 2.75) is 81.7 Å². The van der Waals surface area contributed by atoms with Crippen molar-refractivity contribution in [3.8, 4) is 0 Å². The van der Waals surface area contributed by atoms with Crippen LogP contribution in [0.15, 0.2) is 56.1 Å². The Labute approximate surface area is 246 Å². The predicted molar refractivity (Wildman–Crippen MR) is 156 cm³/mol. The minimum absolute atomic E-state index is 0.126. The van der Waals surface area contributed by atoms with Gasteiger partial charge in [0.25, 0.3) is 25.8 Å². The summed E-state index contributed by atoms with van der Waals surface area (Å²) in [5, 5.41) is 0.319. The molecule has 4 atom stereocenters. The van der Waals surface area contributed by atoms with Gasteiger partial charge in [-0.1, -0.05) is 38.5 Å². The highest BCUT2D eigenvalue weighted by Gasteiger charge is 2.67. The first kappa shape index (κ1) is 32.3. The minimum atomic E-state index is -4.37. The van der Waals surface area contributed by atoms with Gasteiger partial charge in [0, 0.05) is 18.8 Å². The highest BCUT2D eigenvalue weighted by atomic mass is 32.2. The molecule has 13 nitrogen and oxygen atoms in total. The van der Waals surface area contributed by atoms with Gasteiger partial charge in [-0.05, 0) is 44.1 Å². The standard InChI is InChI=1S/C26H37N3O10S2Si/c1-16-9-11-18(12-10-16)41(34,35)36-14-20-26(19(27)15-40(32,33)39-26)21(38-42(7,8)25(3,4)5)23(37-20)29-13-17(2)22(30)28(6)24(29)31/h9-13,15,20-21,23H,14,27H2,1-8H3/t20-,21+,23-,26?/m1/s1. The summed E-state index contributed by atoms with van der Waals surface area (Å²) in [7, 11) is -10.2. The van der Waals surface area contributed by atoms with Gasteiger partial charge in [0.05, 0.1) is 22.6 Å². The van der Waals surface area contributed by atoms with Crippen molar-refractivity contribution in [2.24, 2.45) is 12.8 Å². The number of hydrogen-bond donors (Lipinski definition) is 1. The van der Waals surface area contributed by atoms with Crippen molar-refractivity contribution in [3.63, 3.8) is 0 Å². The number of nitrogens with two attached hydrogens (primary N) is 1. The zero-order chi connectivity index (χ0) is 31.6. The number of nitrogens with zero attached hydrogens (tertiary/aromatic N) is 2. The van der Waals surface area contributed by atoms with Crippen molar-refractivity contribution in [1.82, 2.24) is 9.13 Å². The van der Waals surface area contributed by atoms with E-state index in [9.17, 15) is 26.4 Å². The van der Waals surface area contributed by atoms with E-state index >= 15 is 0 Å². The molecule has 2 aliphatic rings. The van der Waals surface area contributed by atoms with E-state index in [2.05, 4.69) is 0 Å². The van der Waals surface area contributed by atoms with Crippen molar-refractivity contribution < 1.29 is 34.4 Å². The number of hydrogen-bond acceptors (Lipinski definition) is 11. The van der Waals surface area contributed by atoms with Gasteiger partial charge in [-0.3, -0.25) is 18.1 Å². The third-order valence-electron chi connectivity index (χ3n) is 8.11. The summed E-state index contributed by atoms with van der Waals surface area (Å²) in [5.74, 6) is 0. The lowest BCUT2D eigenvalue weighted by Gasteiger charge is -2.43. The summed E-state index contributed by atoms with van der Waals surface area (Å²) in [6.07, 6.45) is -2.94. The zero-order valence-corrected chi connectivity index (χ0v) is 27.4. The molecule has 42 heavy (non-hydrogen) atoms. The molecule has 2 N–H and O–H groups in total. The average molecular weight is 644 g/mol.